The first-order valence-electron chi connectivity index (χ1n) is 10.2. The lowest BCUT2D eigenvalue weighted by molar-refractivity contribution is -0.307. The molecular weight excluding hydrogens is 411 g/mol. The van der Waals surface area contributed by atoms with Gasteiger partial charge in [0.15, 0.2) is 0 Å². The Hall–Kier alpha value is -2.84. The molecule has 2 aliphatic rings. The van der Waals surface area contributed by atoms with Crippen LogP contribution in [0.2, 0.25) is 0 Å². The second-order valence-corrected chi connectivity index (χ2v) is 8.34. The van der Waals surface area contributed by atoms with E-state index >= 15 is 0 Å². The van der Waals surface area contributed by atoms with Gasteiger partial charge in [0.2, 0.25) is 5.91 Å². The quantitative estimate of drug-likeness (QED) is 0.719. The van der Waals surface area contributed by atoms with E-state index in [1.165, 1.54) is 6.20 Å². The van der Waals surface area contributed by atoms with Crippen molar-refractivity contribution < 1.29 is 27.5 Å². The van der Waals surface area contributed by atoms with E-state index in [1.807, 2.05) is 13.8 Å². The topological polar surface area (TPSA) is 71.5 Å². The number of hydrogen-bond acceptors (Lipinski definition) is 4. The summed E-state index contributed by atoms with van der Waals surface area (Å²) in [6.45, 7) is 9.04. The molecule has 1 aliphatic carbocycles. The molecule has 0 aromatic carbocycles. The van der Waals surface area contributed by atoms with Gasteiger partial charge in [-0.3, -0.25) is 9.59 Å². The van der Waals surface area contributed by atoms with Crippen LogP contribution in [0.25, 0.3) is 0 Å². The Labute approximate surface area is 179 Å². The maximum absolute atomic E-state index is 13.1. The first-order chi connectivity index (χ1) is 14.4. The highest BCUT2D eigenvalue weighted by Gasteiger charge is 2.38. The van der Waals surface area contributed by atoms with Crippen molar-refractivity contribution in [3.63, 3.8) is 0 Å². The highest BCUT2D eigenvalue weighted by molar-refractivity contribution is 6.01. The van der Waals surface area contributed by atoms with Gasteiger partial charge in [-0.25, -0.2) is 4.98 Å². The number of carbonyl (C=O) groups excluding carboxylic acids is 2. The van der Waals surface area contributed by atoms with Crippen molar-refractivity contribution >= 4 is 17.6 Å². The van der Waals surface area contributed by atoms with Crippen LogP contribution in [0.5, 0.6) is 0 Å². The summed E-state index contributed by atoms with van der Waals surface area (Å²) in [5.74, 6) is -0.595. The lowest BCUT2D eigenvalue weighted by Gasteiger charge is -2.33. The molecule has 0 saturated carbocycles. The number of aromatic nitrogens is 1. The van der Waals surface area contributed by atoms with E-state index < -0.39 is 6.36 Å². The Bertz CT molecular complexity index is 966. The molecule has 2 amide bonds. The van der Waals surface area contributed by atoms with E-state index in [4.69, 9.17) is 0 Å². The zero-order chi connectivity index (χ0) is 23.1. The molecule has 0 bridgehead atoms. The second-order valence-electron chi connectivity index (χ2n) is 8.34. The number of pyridine rings is 1. The molecule has 1 N–H and O–H groups in total. The highest BCUT2D eigenvalue weighted by atomic mass is 19.4. The number of allylic oxidation sites excluding steroid dienone is 3. The largest absolute Gasteiger partial charge is 0.572 e. The first-order valence-corrected chi connectivity index (χ1v) is 10.2. The number of nitrogens with zero attached hydrogens (tertiary/aromatic N) is 2. The number of ether oxygens (including phenoxy) is 1. The summed E-state index contributed by atoms with van der Waals surface area (Å²) in [6.07, 6.45) is -1.47. The van der Waals surface area contributed by atoms with Crippen molar-refractivity contribution in [1.29, 1.82) is 0 Å². The SMILES string of the molecule is CC1=C(OC(F)(F)F)CC(C)C(C(C)N2Cc3c(ccnc3NC(=O)C(C)C)C2=O)=C1. The van der Waals surface area contributed by atoms with Crippen molar-refractivity contribution in [2.45, 2.75) is 60.0 Å². The summed E-state index contributed by atoms with van der Waals surface area (Å²) in [5.41, 5.74) is 2.37. The molecule has 168 valence electrons. The molecular formula is C22H26F3N3O3. The predicted molar refractivity (Wildman–Crippen MR) is 109 cm³/mol. The average molecular weight is 437 g/mol. The van der Waals surface area contributed by atoms with Gasteiger partial charge in [0.05, 0.1) is 12.6 Å². The van der Waals surface area contributed by atoms with Crippen LogP contribution in [-0.2, 0) is 16.1 Å². The van der Waals surface area contributed by atoms with Crippen LogP contribution in [0.1, 0.15) is 57.0 Å². The molecule has 0 saturated heterocycles. The van der Waals surface area contributed by atoms with Gasteiger partial charge >= 0.3 is 6.36 Å². The molecule has 1 aromatic rings. The first kappa shape index (κ1) is 22.8. The molecule has 0 radical (unpaired) electrons. The molecule has 31 heavy (non-hydrogen) atoms. The number of anilines is 1. The van der Waals surface area contributed by atoms with E-state index in [9.17, 15) is 22.8 Å². The van der Waals surface area contributed by atoms with Crippen LogP contribution in [0, 0.1) is 11.8 Å². The molecule has 2 heterocycles. The number of hydrogen-bond donors (Lipinski definition) is 1. The van der Waals surface area contributed by atoms with Crippen molar-refractivity contribution in [1.82, 2.24) is 9.88 Å². The maximum Gasteiger partial charge on any atom is 0.572 e. The lowest BCUT2D eigenvalue weighted by atomic mass is 9.84. The molecule has 6 nitrogen and oxygen atoms in total. The Morgan fingerprint density at radius 3 is 2.61 bits per heavy atom. The minimum absolute atomic E-state index is 0.102. The van der Waals surface area contributed by atoms with E-state index in [2.05, 4.69) is 15.0 Å². The summed E-state index contributed by atoms with van der Waals surface area (Å²) < 4.78 is 42.1. The van der Waals surface area contributed by atoms with E-state index in [1.54, 1.807) is 37.8 Å². The number of alkyl halides is 3. The Balaban J connectivity index is 1.86. The Morgan fingerprint density at radius 1 is 1.32 bits per heavy atom. The van der Waals surface area contributed by atoms with Crippen LogP contribution >= 0.6 is 0 Å². The van der Waals surface area contributed by atoms with Gasteiger partial charge in [0.25, 0.3) is 5.91 Å². The van der Waals surface area contributed by atoms with Crippen LogP contribution in [0.4, 0.5) is 19.0 Å². The minimum Gasteiger partial charge on any atom is -0.410 e. The van der Waals surface area contributed by atoms with Crippen molar-refractivity contribution in [2.24, 2.45) is 11.8 Å². The number of carbonyl (C=O) groups is 2. The van der Waals surface area contributed by atoms with Gasteiger partial charge in [-0.15, -0.1) is 13.2 Å². The van der Waals surface area contributed by atoms with E-state index in [0.29, 0.717) is 22.5 Å². The number of amides is 2. The van der Waals surface area contributed by atoms with E-state index in [0.717, 1.165) is 5.57 Å². The summed E-state index contributed by atoms with van der Waals surface area (Å²) in [6, 6.07) is 1.28. The fraction of sp³-hybridized carbons (Fsp3) is 0.500. The van der Waals surface area contributed by atoms with Gasteiger partial charge in [-0.1, -0.05) is 26.8 Å². The molecule has 2 atom stereocenters. The van der Waals surface area contributed by atoms with Gasteiger partial charge < -0.3 is 15.0 Å². The minimum atomic E-state index is -4.73. The number of nitrogens with one attached hydrogen (secondary N) is 1. The van der Waals surface area contributed by atoms with E-state index in [-0.39, 0.29) is 48.4 Å². The van der Waals surface area contributed by atoms with Gasteiger partial charge in [0.1, 0.15) is 11.6 Å². The third kappa shape index (κ3) is 4.75. The maximum atomic E-state index is 13.1. The molecule has 3 rings (SSSR count). The van der Waals surface area contributed by atoms with Gasteiger partial charge in [-0.2, -0.15) is 0 Å². The summed E-state index contributed by atoms with van der Waals surface area (Å²) in [7, 11) is 0. The van der Waals surface area contributed by atoms with Crippen molar-refractivity contribution in [3.8, 4) is 0 Å². The third-order valence-corrected chi connectivity index (χ3v) is 5.71. The number of fused-ring (bicyclic) bond motifs is 1. The summed E-state index contributed by atoms with van der Waals surface area (Å²) in [4.78, 5) is 31.1. The normalized spacial score (nSPS) is 20.0. The average Bonchev–Trinajstić information content (AvgIpc) is 3.00. The van der Waals surface area contributed by atoms with Crippen LogP contribution < -0.4 is 5.32 Å². The Morgan fingerprint density at radius 2 is 2.00 bits per heavy atom. The lowest BCUT2D eigenvalue weighted by Crippen LogP contribution is -2.37. The molecule has 0 fully saturated rings. The standard InChI is InChI=1S/C22H26F3N3O3/c1-11(2)20(29)27-19-17-10-28(21(30)15(17)6-7-26-19)14(5)16-8-13(4)18(9-12(16)3)31-22(23,24)25/h6-8,11-12,14H,9-10H2,1-5H3,(H,26,27,29). The second kappa shape index (κ2) is 8.36. The molecule has 2 unspecified atom stereocenters. The summed E-state index contributed by atoms with van der Waals surface area (Å²) in [5, 5.41) is 2.77. The number of rotatable bonds is 5. The van der Waals surface area contributed by atoms with Gasteiger partial charge in [-0.05, 0) is 37.0 Å². The van der Waals surface area contributed by atoms with Crippen molar-refractivity contribution in [3.05, 3.63) is 46.4 Å². The smallest absolute Gasteiger partial charge is 0.410 e. The van der Waals surface area contributed by atoms with Crippen LogP contribution in [-0.4, -0.2) is 34.1 Å². The highest BCUT2D eigenvalue weighted by Crippen LogP contribution is 2.38. The fourth-order valence-corrected chi connectivity index (χ4v) is 3.94. The summed E-state index contributed by atoms with van der Waals surface area (Å²) >= 11 is 0. The van der Waals surface area contributed by atoms with Crippen molar-refractivity contribution in [2.75, 3.05) is 5.32 Å². The zero-order valence-corrected chi connectivity index (χ0v) is 18.1. The number of halogens is 3. The fourth-order valence-electron chi connectivity index (χ4n) is 3.94. The molecule has 1 aromatic heterocycles. The molecule has 1 aliphatic heterocycles. The van der Waals surface area contributed by atoms with Crippen LogP contribution in [0.15, 0.2) is 35.2 Å². The zero-order valence-electron chi connectivity index (χ0n) is 18.1. The Kier molecular flexibility index (Phi) is 6.16. The van der Waals surface area contributed by atoms with Crippen LogP contribution in [0.3, 0.4) is 0 Å². The molecule has 9 heteroatoms. The monoisotopic (exact) mass is 437 g/mol. The predicted octanol–water partition coefficient (Wildman–Crippen LogP) is 4.80. The molecule has 0 spiro atoms. The van der Waals surface area contributed by atoms with Gasteiger partial charge in [0, 0.05) is 29.7 Å². The third-order valence-electron chi connectivity index (χ3n) is 5.71.